The minimum atomic E-state index is 0.405. The molecule has 0 bridgehead atoms. The van der Waals surface area contributed by atoms with Crippen molar-refractivity contribution >= 4 is 28.5 Å². The molecule has 0 aliphatic carbocycles. The largest absolute Gasteiger partial charge is 0.360 e. The van der Waals surface area contributed by atoms with Crippen molar-refractivity contribution in [2.45, 2.75) is 46.6 Å². The summed E-state index contributed by atoms with van der Waals surface area (Å²) in [5, 5.41) is 7.01. The first-order valence-corrected chi connectivity index (χ1v) is 12.8. The van der Waals surface area contributed by atoms with Crippen LogP contribution < -0.4 is 4.90 Å². The summed E-state index contributed by atoms with van der Waals surface area (Å²) in [6.45, 7) is 10.2. The lowest BCUT2D eigenvalue weighted by molar-refractivity contribution is 0.692. The molecule has 1 aliphatic heterocycles. The third-order valence-corrected chi connectivity index (χ3v) is 7.54. The normalized spacial score (nSPS) is 13.6. The van der Waals surface area contributed by atoms with Gasteiger partial charge in [-0.15, -0.1) is 0 Å². The lowest BCUT2D eigenvalue weighted by Crippen LogP contribution is -2.31. The van der Waals surface area contributed by atoms with E-state index in [1.165, 1.54) is 16.7 Å². The SMILES string of the molecule is Cc1cccc(C)c1-n1nc2c(c1-c1ccc(Cl)c3[nH]ccc13)CN(c1ncc(C(C)C)cn1)CC2. The molecule has 7 heteroatoms. The minimum absolute atomic E-state index is 0.405. The van der Waals surface area contributed by atoms with Gasteiger partial charge in [-0.1, -0.05) is 49.7 Å². The zero-order valence-electron chi connectivity index (χ0n) is 21.0. The van der Waals surface area contributed by atoms with Gasteiger partial charge in [-0.3, -0.25) is 0 Å². The first-order chi connectivity index (χ1) is 17.4. The average molecular weight is 497 g/mol. The van der Waals surface area contributed by atoms with Crippen molar-refractivity contribution in [1.82, 2.24) is 24.7 Å². The predicted octanol–water partition coefficient (Wildman–Crippen LogP) is 6.77. The van der Waals surface area contributed by atoms with E-state index in [1.807, 2.05) is 24.7 Å². The summed E-state index contributed by atoms with van der Waals surface area (Å²) in [5.74, 6) is 1.17. The lowest BCUT2D eigenvalue weighted by atomic mass is 9.98. The van der Waals surface area contributed by atoms with E-state index >= 15 is 0 Å². The smallest absolute Gasteiger partial charge is 0.225 e. The zero-order chi connectivity index (χ0) is 25.0. The Balaban J connectivity index is 1.54. The first-order valence-electron chi connectivity index (χ1n) is 12.4. The molecule has 0 spiro atoms. The number of rotatable bonds is 4. The number of para-hydroxylation sites is 1. The third kappa shape index (κ3) is 3.68. The molecule has 5 aromatic rings. The molecule has 0 unspecified atom stereocenters. The molecule has 182 valence electrons. The van der Waals surface area contributed by atoms with E-state index in [0.29, 0.717) is 17.5 Å². The van der Waals surface area contributed by atoms with E-state index in [0.717, 1.165) is 58.0 Å². The minimum Gasteiger partial charge on any atom is -0.360 e. The molecule has 4 heterocycles. The van der Waals surface area contributed by atoms with Crippen LogP contribution in [0.1, 0.15) is 47.7 Å². The number of halogens is 1. The van der Waals surface area contributed by atoms with Gasteiger partial charge in [0, 0.05) is 54.6 Å². The predicted molar refractivity (Wildman–Crippen MR) is 146 cm³/mol. The van der Waals surface area contributed by atoms with Crippen LogP contribution in [0.2, 0.25) is 5.02 Å². The number of nitrogens with one attached hydrogen (secondary N) is 1. The number of H-pyrrole nitrogens is 1. The molecule has 3 aromatic heterocycles. The summed E-state index contributed by atoms with van der Waals surface area (Å²) in [5.41, 5.74) is 10.2. The molecule has 0 atom stereocenters. The fraction of sp³-hybridized carbons (Fsp3) is 0.276. The van der Waals surface area contributed by atoms with E-state index in [9.17, 15) is 0 Å². The van der Waals surface area contributed by atoms with Crippen molar-refractivity contribution in [2.24, 2.45) is 0 Å². The highest BCUT2D eigenvalue weighted by Crippen LogP contribution is 2.39. The topological polar surface area (TPSA) is 62.6 Å². The van der Waals surface area contributed by atoms with E-state index in [2.05, 4.69) is 72.6 Å². The standard InChI is InChI=1S/C29H29ClN6/c1-17(2)20-14-32-29(33-15-20)35-13-11-25-23(16-35)28(22-8-9-24(30)26-21(22)10-12-31-26)36(34-25)27-18(3)6-5-7-19(27)4/h5-10,12,14-15,17,31H,11,13,16H2,1-4H3. The summed E-state index contributed by atoms with van der Waals surface area (Å²) < 4.78 is 2.15. The second kappa shape index (κ2) is 8.79. The molecule has 6 rings (SSSR count). The summed E-state index contributed by atoms with van der Waals surface area (Å²) in [4.78, 5) is 15.0. The van der Waals surface area contributed by atoms with Crippen LogP contribution in [0.15, 0.2) is 55.0 Å². The number of benzene rings is 2. The number of nitrogens with zero attached hydrogens (tertiary/aromatic N) is 5. The Bertz CT molecular complexity index is 1560. The van der Waals surface area contributed by atoms with Gasteiger partial charge >= 0.3 is 0 Å². The van der Waals surface area contributed by atoms with Gasteiger partial charge in [0.1, 0.15) is 0 Å². The van der Waals surface area contributed by atoms with E-state index in [1.54, 1.807) is 0 Å². The van der Waals surface area contributed by atoms with Crippen molar-refractivity contribution in [3.63, 3.8) is 0 Å². The monoisotopic (exact) mass is 496 g/mol. The number of aryl methyl sites for hydroxylation is 2. The highest BCUT2D eigenvalue weighted by molar-refractivity contribution is 6.35. The van der Waals surface area contributed by atoms with E-state index in [4.69, 9.17) is 26.7 Å². The molecular formula is C29H29ClN6. The average Bonchev–Trinajstić information content (AvgIpc) is 3.50. The number of aromatic nitrogens is 5. The molecule has 0 saturated carbocycles. The third-order valence-electron chi connectivity index (χ3n) is 7.22. The summed E-state index contributed by atoms with van der Waals surface area (Å²) in [7, 11) is 0. The van der Waals surface area contributed by atoms with E-state index in [-0.39, 0.29) is 0 Å². The van der Waals surface area contributed by atoms with Gasteiger partial charge in [0.2, 0.25) is 5.95 Å². The quantitative estimate of drug-likeness (QED) is 0.298. The summed E-state index contributed by atoms with van der Waals surface area (Å²) >= 11 is 6.54. The van der Waals surface area contributed by atoms with Crippen molar-refractivity contribution in [3.05, 3.63) is 88.0 Å². The highest BCUT2D eigenvalue weighted by Gasteiger charge is 2.29. The lowest BCUT2D eigenvalue weighted by Gasteiger charge is -2.27. The Morgan fingerprint density at radius 2 is 1.75 bits per heavy atom. The molecule has 2 aromatic carbocycles. The Morgan fingerprint density at radius 1 is 1.00 bits per heavy atom. The second-order valence-corrected chi connectivity index (χ2v) is 10.3. The Kier molecular flexibility index (Phi) is 5.56. The Morgan fingerprint density at radius 3 is 2.47 bits per heavy atom. The van der Waals surface area contributed by atoms with E-state index < -0.39 is 0 Å². The summed E-state index contributed by atoms with van der Waals surface area (Å²) in [6.07, 6.45) is 6.68. The van der Waals surface area contributed by atoms with Gasteiger partial charge < -0.3 is 9.88 Å². The molecule has 0 fully saturated rings. The van der Waals surface area contributed by atoms with Crippen molar-refractivity contribution in [2.75, 3.05) is 11.4 Å². The number of hydrogen-bond donors (Lipinski definition) is 1. The highest BCUT2D eigenvalue weighted by atomic mass is 35.5. The van der Waals surface area contributed by atoms with Gasteiger partial charge in [0.05, 0.1) is 27.6 Å². The Labute approximate surface area is 216 Å². The molecule has 1 N–H and O–H groups in total. The molecule has 0 saturated heterocycles. The number of anilines is 1. The molecule has 1 aliphatic rings. The van der Waals surface area contributed by atoms with Crippen LogP contribution in [0.25, 0.3) is 27.8 Å². The number of fused-ring (bicyclic) bond motifs is 2. The van der Waals surface area contributed by atoms with Crippen LogP contribution in [0.4, 0.5) is 5.95 Å². The fourth-order valence-corrected chi connectivity index (χ4v) is 5.46. The number of hydrogen-bond acceptors (Lipinski definition) is 4. The second-order valence-electron chi connectivity index (χ2n) is 9.93. The molecular weight excluding hydrogens is 468 g/mol. The number of aromatic amines is 1. The first kappa shape index (κ1) is 22.8. The molecule has 36 heavy (non-hydrogen) atoms. The maximum atomic E-state index is 6.54. The maximum absolute atomic E-state index is 6.54. The van der Waals surface area contributed by atoms with Crippen LogP contribution >= 0.6 is 11.6 Å². The van der Waals surface area contributed by atoms with Gasteiger partial charge in [-0.05, 0) is 48.6 Å². The van der Waals surface area contributed by atoms with Gasteiger partial charge in [-0.2, -0.15) is 5.10 Å². The van der Waals surface area contributed by atoms with Crippen LogP contribution in [0.5, 0.6) is 0 Å². The Hall–Kier alpha value is -3.64. The van der Waals surface area contributed by atoms with Gasteiger partial charge in [-0.25, -0.2) is 14.6 Å². The fourth-order valence-electron chi connectivity index (χ4n) is 5.24. The van der Waals surface area contributed by atoms with Crippen LogP contribution in [0, 0.1) is 13.8 Å². The van der Waals surface area contributed by atoms with Crippen molar-refractivity contribution < 1.29 is 0 Å². The van der Waals surface area contributed by atoms with Crippen LogP contribution in [-0.4, -0.2) is 31.3 Å². The van der Waals surface area contributed by atoms with Crippen molar-refractivity contribution in [1.29, 1.82) is 0 Å². The molecule has 0 amide bonds. The van der Waals surface area contributed by atoms with Crippen molar-refractivity contribution in [3.8, 4) is 16.9 Å². The maximum Gasteiger partial charge on any atom is 0.225 e. The van der Waals surface area contributed by atoms with Crippen LogP contribution in [0.3, 0.4) is 0 Å². The zero-order valence-corrected chi connectivity index (χ0v) is 21.8. The summed E-state index contributed by atoms with van der Waals surface area (Å²) in [6, 6.07) is 12.6. The molecule has 6 nitrogen and oxygen atoms in total. The molecule has 0 radical (unpaired) electrons. The van der Waals surface area contributed by atoms with Gasteiger partial charge in [0.25, 0.3) is 0 Å². The van der Waals surface area contributed by atoms with Gasteiger partial charge in [0.15, 0.2) is 0 Å². The van der Waals surface area contributed by atoms with Crippen LogP contribution in [-0.2, 0) is 13.0 Å².